The number of anilines is 1. The minimum atomic E-state index is -0.492. The van der Waals surface area contributed by atoms with Crippen molar-refractivity contribution in [3.05, 3.63) is 29.8 Å². The second-order valence-electron chi connectivity index (χ2n) is 3.02. The van der Waals surface area contributed by atoms with E-state index in [1.54, 1.807) is 24.3 Å². The normalized spacial score (nSPS) is 9.62. The van der Waals surface area contributed by atoms with Gasteiger partial charge in [0, 0.05) is 7.11 Å². The topological polar surface area (TPSA) is 64.6 Å². The number of para-hydroxylation sites is 1. The molecule has 5 heteroatoms. The monoisotopic (exact) mass is 223 g/mol. The standard InChI is InChI=1S/C11H13NO4/c1-15-7-10(13)12-9-6-4-3-5-8(9)11(14)16-2/h3-6H,7H2,1-2H3,(H,12,13). The van der Waals surface area contributed by atoms with Crippen LogP contribution in [0.5, 0.6) is 0 Å². The van der Waals surface area contributed by atoms with Gasteiger partial charge in [0.05, 0.1) is 18.4 Å². The molecule has 0 aliphatic heterocycles. The first-order valence-corrected chi connectivity index (χ1v) is 4.65. The number of hydrogen-bond donors (Lipinski definition) is 1. The summed E-state index contributed by atoms with van der Waals surface area (Å²) in [5.74, 6) is -0.813. The maximum atomic E-state index is 11.4. The second kappa shape index (κ2) is 5.87. The van der Waals surface area contributed by atoms with Crippen LogP contribution in [0.2, 0.25) is 0 Å². The summed E-state index contributed by atoms with van der Waals surface area (Å²) in [6.07, 6.45) is 0. The number of ether oxygens (including phenoxy) is 2. The van der Waals surface area contributed by atoms with Gasteiger partial charge in [-0.05, 0) is 12.1 Å². The van der Waals surface area contributed by atoms with Crippen LogP contribution in [0.25, 0.3) is 0 Å². The largest absolute Gasteiger partial charge is 0.465 e. The van der Waals surface area contributed by atoms with Crippen LogP contribution in [0.4, 0.5) is 5.69 Å². The zero-order chi connectivity index (χ0) is 12.0. The molecule has 1 rings (SSSR count). The first kappa shape index (κ1) is 12.2. The van der Waals surface area contributed by atoms with Gasteiger partial charge in [-0.1, -0.05) is 12.1 Å². The molecule has 0 saturated heterocycles. The average molecular weight is 223 g/mol. The zero-order valence-electron chi connectivity index (χ0n) is 9.15. The SMILES string of the molecule is COCC(=O)Nc1ccccc1C(=O)OC. The summed E-state index contributed by atoms with van der Waals surface area (Å²) in [7, 11) is 2.71. The molecule has 0 aliphatic carbocycles. The van der Waals surface area contributed by atoms with Gasteiger partial charge in [-0.25, -0.2) is 4.79 Å². The lowest BCUT2D eigenvalue weighted by Gasteiger charge is -2.08. The molecule has 0 heterocycles. The van der Waals surface area contributed by atoms with E-state index < -0.39 is 5.97 Å². The van der Waals surface area contributed by atoms with Crippen LogP contribution in [0.15, 0.2) is 24.3 Å². The van der Waals surface area contributed by atoms with Crippen molar-refractivity contribution in [3.8, 4) is 0 Å². The molecule has 1 amide bonds. The molecule has 1 aromatic carbocycles. The van der Waals surface area contributed by atoms with Gasteiger partial charge in [-0.15, -0.1) is 0 Å². The van der Waals surface area contributed by atoms with E-state index in [1.807, 2.05) is 0 Å². The smallest absolute Gasteiger partial charge is 0.339 e. The average Bonchev–Trinajstić information content (AvgIpc) is 2.29. The summed E-state index contributed by atoms with van der Waals surface area (Å²) in [6, 6.07) is 6.61. The van der Waals surface area contributed by atoms with Crippen LogP contribution in [0, 0.1) is 0 Å². The van der Waals surface area contributed by atoms with Crippen molar-refractivity contribution in [2.75, 3.05) is 26.1 Å². The van der Waals surface area contributed by atoms with Crippen molar-refractivity contribution < 1.29 is 19.1 Å². The highest BCUT2D eigenvalue weighted by Crippen LogP contribution is 2.15. The van der Waals surface area contributed by atoms with E-state index in [-0.39, 0.29) is 12.5 Å². The Bertz CT molecular complexity index is 389. The summed E-state index contributed by atoms with van der Waals surface area (Å²) >= 11 is 0. The molecular formula is C11H13NO4. The summed E-state index contributed by atoms with van der Waals surface area (Å²) in [5, 5.41) is 2.56. The molecule has 0 radical (unpaired) electrons. The molecule has 0 atom stereocenters. The fourth-order valence-corrected chi connectivity index (χ4v) is 1.20. The van der Waals surface area contributed by atoms with E-state index in [4.69, 9.17) is 0 Å². The number of esters is 1. The lowest BCUT2D eigenvalue weighted by molar-refractivity contribution is -0.119. The Morgan fingerprint density at radius 2 is 1.94 bits per heavy atom. The van der Waals surface area contributed by atoms with E-state index in [2.05, 4.69) is 14.8 Å². The van der Waals surface area contributed by atoms with Gasteiger partial charge in [0.15, 0.2) is 0 Å². The first-order chi connectivity index (χ1) is 7.69. The summed E-state index contributed by atoms with van der Waals surface area (Å²) in [5.41, 5.74) is 0.728. The fraction of sp³-hybridized carbons (Fsp3) is 0.273. The molecule has 0 bridgehead atoms. The molecule has 1 N–H and O–H groups in total. The summed E-state index contributed by atoms with van der Waals surface area (Å²) in [6.45, 7) is -0.0600. The number of carbonyl (C=O) groups is 2. The molecule has 1 aromatic rings. The van der Waals surface area contributed by atoms with E-state index in [1.165, 1.54) is 14.2 Å². The quantitative estimate of drug-likeness (QED) is 0.775. The molecule has 16 heavy (non-hydrogen) atoms. The third-order valence-electron chi connectivity index (χ3n) is 1.88. The Hall–Kier alpha value is -1.88. The number of carbonyl (C=O) groups excluding carboxylic acids is 2. The molecule has 0 aromatic heterocycles. The maximum Gasteiger partial charge on any atom is 0.339 e. The van der Waals surface area contributed by atoms with E-state index in [9.17, 15) is 9.59 Å². The molecule has 0 aliphatic rings. The van der Waals surface area contributed by atoms with Gasteiger partial charge >= 0.3 is 5.97 Å². The number of hydrogen-bond acceptors (Lipinski definition) is 4. The van der Waals surface area contributed by atoms with Crippen LogP contribution in [-0.4, -0.2) is 32.7 Å². The number of rotatable bonds is 4. The molecule has 0 spiro atoms. The van der Waals surface area contributed by atoms with E-state index in [0.29, 0.717) is 11.3 Å². The van der Waals surface area contributed by atoms with E-state index >= 15 is 0 Å². The zero-order valence-corrected chi connectivity index (χ0v) is 9.15. The van der Waals surface area contributed by atoms with Crippen molar-refractivity contribution >= 4 is 17.6 Å². The minimum absolute atomic E-state index is 0.0600. The summed E-state index contributed by atoms with van der Waals surface area (Å²) in [4.78, 5) is 22.7. The molecule has 0 saturated carbocycles. The molecule has 0 fully saturated rings. The third-order valence-corrected chi connectivity index (χ3v) is 1.88. The van der Waals surface area contributed by atoms with Crippen molar-refractivity contribution in [1.82, 2.24) is 0 Å². The maximum absolute atomic E-state index is 11.4. The molecule has 86 valence electrons. The second-order valence-corrected chi connectivity index (χ2v) is 3.02. The van der Waals surface area contributed by atoms with Gasteiger partial charge in [-0.2, -0.15) is 0 Å². The number of nitrogens with one attached hydrogen (secondary N) is 1. The molecule has 5 nitrogen and oxygen atoms in total. The Morgan fingerprint density at radius 3 is 2.56 bits per heavy atom. The van der Waals surface area contributed by atoms with Crippen LogP contribution >= 0.6 is 0 Å². The Morgan fingerprint density at radius 1 is 1.25 bits per heavy atom. The van der Waals surface area contributed by atoms with Gasteiger partial charge in [0.25, 0.3) is 0 Å². The highest BCUT2D eigenvalue weighted by atomic mass is 16.5. The first-order valence-electron chi connectivity index (χ1n) is 4.65. The van der Waals surface area contributed by atoms with Crippen molar-refractivity contribution in [1.29, 1.82) is 0 Å². The van der Waals surface area contributed by atoms with Crippen molar-refractivity contribution in [3.63, 3.8) is 0 Å². The van der Waals surface area contributed by atoms with E-state index in [0.717, 1.165) is 0 Å². The predicted molar refractivity (Wildman–Crippen MR) is 58.3 cm³/mol. The number of benzene rings is 1. The van der Waals surface area contributed by atoms with Gasteiger partial charge < -0.3 is 14.8 Å². The number of amides is 1. The fourth-order valence-electron chi connectivity index (χ4n) is 1.20. The van der Waals surface area contributed by atoms with Crippen LogP contribution in [0.1, 0.15) is 10.4 Å². The molecule has 0 unspecified atom stereocenters. The Kier molecular flexibility index (Phi) is 4.47. The van der Waals surface area contributed by atoms with Crippen molar-refractivity contribution in [2.45, 2.75) is 0 Å². The molecular weight excluding hydrogens is 210 g/mol. The lowest BCUT2D eigenvalue weighted by atomic mass is 10.2. The Balaban J connectivity index is 2.87. The van der Waals surface area contributed by atoms with Crippen LogP contribution in [0.3, 0.4) is 0 Å². The van der Waals surface area contributed by atoms with Crippen LogP contribution < -0.4 is 5.32 Å². The highest BCUT2D eigenvalue weighted by molar-refractivity contribution is 6.01. The van der Waals surface area contributed by atoms with Gasteiger partial charge in [0.1, 0.15) is 6.61 Å². The van der Waals surface area contributed by atoms with Crippen LogP contribution in [-0.2, 0) is 14.3 Å². The third kappa shape index (κ3) is 3.06. The van der Waals surface area contributed by atoms with Gasteiger partial charge in [0.2, 0.25) is 5.91 Å². The minimum Gasteiger partial charge on any atom is -0.465 e. The Labute approximate surface area is 93.4 Å². The van der Waals surface area contributed by atoms with Gasteiger partial charge in [-0.3, -0.25) is 4.79 Å². The van der Waals surface area contributed by atoms with Crippen molar-refractivity contribution in [2.24, 2.45) is 0 Å². The lowest BCUT2D eigenvalue weighted by Crippen LogP contribution is -2.19. The number of methoxy groups -OCH3 is 2. The highest BCUT2D eigenvalue weighted by Gasteiger charge is 2.12. The summed E-state index contributed by atoms with van der Waals surface area (Å²) < 4.78 is 9.27. The predicted octanol–water partition coefficient (Wildman–Crippen LogP) is 1.06.